The maximum Gasteiger partial charge on any atom is 0.323 e. The number of rotatable bonds is 2. The lowest BCUT2D eigenvalue weighted by Gasteiger charge is -2.31. The van der Waals surface area contributed by atoms with Crippen molar-refractivity contribution in [2.45, 2.75) is 46.6 Å². The van der Waals surface area contributed by atoms with E-state index in [1.54, 1.807) is 10.9 Å². The number of carbonyl (C=O) groups excluding carboxylic acids is 1. The summed E-state index contributed by atoms with van der Waals surface area (Å²) in [6.07, 6.45) is 2.76. The third-order valence-corrected chi connectivity index (χ3v) is 4.50. The zero-order valence-electron chi connectivity index (χ0n) is 15.0. The number of hydrogen-bond donors (Lipinski definition) is 1. The first-order valence-electron chi connectivity index (χ1n) is 8.34. The van der Waals surface area contributed by atoms with Gasteiger partial charge in [0, 0.05) is 24.3 Å². The topological polar surface area (TPSA) is 63.1 Å². The number of aromatic nitrogens is 3. The summed E-state index contributed by atoms with van der Waals surface area (Å²) in [7, 11) is 0. The molecule has 0 aromatic carbocycles. The monoisotopic (exact) mass is 327 g/mol. The van der Waals surface area contributed by atoms with Crippen LogP contribution in [0.25, 0.3) is 5.82 Å². The predicted octanol–water partition coefficient (Wildman–Crippen LogP) is 3.54. The van der Waals surface area contributed by atoms with Crippen molar-refractivity contribution >= 4 is 11.8 Å². The minimum atomic E-state index is -0.134. The Morgan fingerprint density at radius 1 is 1.33 bits per heavy atom. The first-order valence-corrected chi connectivity index (χ1v) is 8.34. The Morgan fingerprint density at radius 2 is 2.08 bits per heavy atom. The molecule has 0 saturated carbocycles. The van der Waals surface area contributed by atoms with E-state index in [0.29, 0.717) is 17.6 Å². The minimum Gasteiger partial charge on any atom is -0.319 e. The minimum absolute atomic E-state index is 0.0850. The summed E-state index contributed by atoms with van der Waals surface area (Å²) < 4.78 is 1.69. The molecule has 3 rings (SSSR count). The fraction of sp³-hybridized carbons (Fsp3) is 0.500. The Balaban J connectivity index is 1.87. The van der Waals surface area contributed by atoms with E-state index in [1.807, 2.05) is 36.9 Å². The highest BCUT2D eigenvalue weighted by atomic mass is 16.2. The van der Waals surface area contributed by atoms with Gasteiger partial charge in [0.1, 0.15) is 5.82 Å². The van der Waals surface area contributed by atoms with Crippen molar-refractivity contribution in [3.8, 4) is 5.82 Å². The summed E-state index contributed by atoms with van der Waals surface area (Å²) in [6, 6.07) is 5.67. The van der Waals surface area contributed by atoms with Gasteiger partial charge < -0.3 is 4.90 Å². The summed E-state index contributed by atoms with van der Waals surface area (Å²) in [5, 5.41) is 7.49. The molecule has 2 aromatic heterocycles. The smallest absolute Gasteiger partial charge is 0.319 e. The number of nitrogens with one attached hydrogen (secondary N) is 1. The Hall–Kier alpha value is -2.37. The molecule has 1 N–H and O–H groups in total. The number of carbonyl (C=O) groups is 1. The van der Waals surface area contributed by atoms with Gasteiger partial charge in [-0.3, -0.25) is 5.32 Å². The van der Waals surface area contributed by atoms with Gasteiger partial charge in [0.2, 0.25) is 0 Å². The second-order valence-corrected chi connectivity index (χ2v) is 7.44. The Kier molecular flexibility index (Phi) is 4.07. The Morgan fingerprint density at radius 3 is 2.71 bits per heavy atom. The predicted molar refractivity (Wildman–Crippen MR) is 94.4 cm³/mol. The molecule has 6 nitrogen and oxygen atoms in total. The van der Waals surface area contributed by atoms with Crippen LogP contribution in [0.2, 0.25) is 0 Å². The number of likely N-dealkylation sites (tertiary alicyclic amines) is 1. The second kappa shape index (κ2) is 5.92. The van der Waals surface area contributed by atoms with Crippen molar-refractivity contribution in [3.05, 3.63) is 35.7 Å². The molecule has 0 aliphatic carbocycles. The first-order chi connectivity index (χ1) is 11.3. The quantitative estimate of drug-likeness (QED) is 0.917. The summed E-state index contributed by atoms with van der Waals surface area (Å²) in [5.74, 6) is 1.86. The van der Waals surface area contributed by atoms with E-state index >= 15 is 0 Å². The van der Waals surface area contributed by atoms with Gasteiger partial charge in [0.25, 0.3) is 0 Å². The molecule has 1 aliphatic heterocycles. The largest absolute Gasteiger partial charge is 0.323 e. The standard InChI is InChI=1S/C18H25N5O/c1-12-6-7-19-15(8-12)23-16(9-14(3)21-23)20-17(24)22-11-13(2)10-18(22,4)5/h6-9,13H,10-11H2,1-5H3,(H,20,24). The van der Waals surface area contributed by atoms with Gasteiger partial charge in [0.05, 0.1) is 5.69 Å². The number of urea groups is 1. The van der Waals surface area contributed by atoms with E-state index in [-0.39, 0.29) is 11.6 Å². The van der Waals surface area contributed by atoms with Crippen LogP contribution in [-0.2, 0) is 0 Å². The molecule has 0 bridgehead atoms. The van der Waals surface area contributed by atoms with Crippen LogP contribution in [0.5, 0.6) is 0 Å². The summed E-state index contributed by atoms with van der Waals surface area (Å²) >= 11 is 0. The molecule has 3 heterocycles. The maximum absolute atomic E-state index is 12.8. The molecule has 1 unspecified atom stereocenters. The molecule has 2 amide bonds. The maximum atomic E-state index is 12.8. The zero-order valence-corrected chi connectivity index (χ0v) is 15.0. The van der Waals surface area contributed by atoms with Crippen molar-refractivity contribution < 1.29 is 4.79 Å². The van der Waals surface area contributed by atoms with E-state index in [0.717, 1.165) is 24.2 Å². The summed E-state index contributed by atoms with van der Waals surface area (Å²) in [4.78, 5) is 19.1. The van der Waals surface area contributed by atoms with E-state index < -0.39 is 0 Å². The van der Waals surface area contributed by atoms with Gasteiger partial charge in [-0.05, 0) is 57.7 Å². The molecular weight excluding hydrogens is 302 g/mol. The number of pyridine rings is 1. The van der Waals surface area contributed by atoms with Crippen LogP contribution in [0.1, 0.15) is 38.4 Å². The van der Waals surface area contributed by atoms with Crippen molar-refractivity contribution in [1.82, 2.24) is 19.7 Å². The van der Waals surface area contributed by atoms with Gasteiger partial charge in [-0.1, -0.05) is 6.92 Å². The number of nitrogens with zero attached hydrogens (tertiary/aromatic N) is 4. The van der Waals surface area contributed by atoms with Gasteiger partial charge in [-0.15, -0.1) is 0 Å². The lowest BCUT2D eigenvalue weighted by molar-refractivity contribution is 0.178. The molecule has 1 aliphatic rings. The van der Waals surface area contributed by atoms with Crippen molar-refractivity contribution in [2.75, 3.05) is 11.9 Å². The molecule has 6 heteroatoms. The van der Waals surface area contributed by atoms with E-state index in [4.69, 9.17) is 0 Å². The lowest BCUT2D eigenvalue weighted by Crippen LogP contribution is -2.45. The second-order valence-electron chi connectivity index (χ2n) is 7.44. The zero-order chi connectivity index (χ0) is 17.5. The number of hydrogen-bond acceptors (Lipinski definition) is 3. The van der Waals surface area contributed by atoms with Crippen LogP contribution in [0, 0.1) is 19.8 Å². The van der Waals surface area contributed by atoms with Crippen LogP contribution in [0.3, 0.4) is 0 Å². The highest BCUT2D eigenvalue weighted by Gasteiger charge is 2.39. The van der Waals surface area contributed by atoms with E-state index in [1.165, 1.54) is 0 Å². The first kappa shape index (κ1) is 16.5. The fourth-order valence-corrected chi connectivity index (χ4v) is 3.52. The molecule has 0 spiro atoms. The highest BCUT2D eigenvalue weighted by molar-refractivity contribution is 5.89. The van der Waals surface area contributed by atoms with Crippen molar-refractivity contribution in [1.29, 1.82) is 0 Å². The van der Waals surface area contributed by atoms with Crippen LogP contribution >= 0.6 is 0 Å². The normalized spacial score (nSPS) is 19.5. The Labute approximate surface area is 142 Å². The third-order valence-electron chi connectivity index (χ3n) is 4.50. The molecule has 1 atom stereocenters. The van der Waals surface area contributed by atoms with Gasteiger partial charge in [0.15, 0.2) is 5.82 Å². The number of amides is 2. The van der Waals surface area contributed by atoms with E-state index in [2.05, 4.69) is 36.2 Å². The highest BCUT2D eigenvalue weighted by Crippen LogP contribution is 2.32. The summed E-state index contributed by atoms with van der Waals surface area (Å²) in [6.45, 7) is 11.1. The average Bonchev–Trinajstić information content (AvgIpc) is 2.97. The number of aryl methyl sites for hydroxylation is 2. The number of anilines is 1. The molecule has 1 saturated heterocycles. The van der Waals surface area contributed by atoms with Gasteiger partial charge >= 0.3 is 6.03 Å². The van der Waals surface area contributed by atoms with Crippen molar-refractivity contribution in [3.63, 3.8) is 0 Å². The SMILES string of the molecule is Cc1ccnc(-n2nc(C)cc2NC(=O)N2CC(C)CC2(C)C)c1. The lowest BCUT2D eigenvalue weighted by atomic mass is 9.98. The van der Waals surface area contributed by atoms with E-state index in [9.17, 15) is 4.79 Å². The third kappa shape index (κ3) is 3.13. The fourth-order valence-electron chi connectivity index (χ4n) is 3.52. The molecular formula is C18H25N5O. The van der Waals surface area contributed by atoms with Gasteiger partial charge in [-0.25, -0.2) is 9.78 Å². The molecule has 24 heavy (non-hydrogen) atoms. The van der Waals surface area contributed by atoms with Crippen LogP contribution < -0.4 is 5.32 Å². The average molecular weight is 327 g/mol. The Bertz CT molecular complexity index is 765. The molecule has 2 aromatic rings. The molecule has 0 radical (unpaired) electrons. The van der Waals surface area contributed by atoms with Gasteiger partial charge in [-0.2, -0.15) is 9.78 Å². The van der Waals surface area contributed by atoms with Crippen LogP contribution in [-0.4, -0.2) is 37.8 Å². The van der Waals surface area contributed by atoms with Crippen LogP contribution in [0.15, 0.2) is 24.4 Å². The van der Waals surface area contributed by atoms with Crippen molar-refractivity contribution in [2.24, 2.45) is 5.92 Å². The van der Waals surface area contributed by atoms with Crippen LogP contribution in [0.4, 0.5) is 10.6 Å². The molecule has 1 fully saturated rings. The summed E-state index contributed by atoms with van der Waals surface area (Å²) in [5.41, 5.74) is 1.80. The molecule has 128 valence electrons.